The summed E-state index contributed by atoms with van der Waals surface area (Å²) in [5, 5.41) is 21.4. The second-order valence-corrected chi connectivity index (χ2v) is 7.79. The summed E-state index contributed by atoms with van der Waals surface area (Å²) in [6.45, 7) is 0. The SMILES string of the molecule is COC(=O)C[C@H](c1cccc(OC)c1OC)c1c(O)cc(O)c2c(=O)cc(-c3ccccc3)oc12. The molecule has 0 aliphatic heterocycles. The van der Waals surface area contributed by atoms with E-state index in [0.717, 1.165) is 6.07 Å². The van der Waals surface area contributed by atoms with Gasteiger partial charge >= 0.3 is 5.97 Å². The third-order valence-electron chi connectivity index (χ3n) is 5.81. The summed E-state index contributed by atoms with van der Waals surface area (Å²) in [6, 6.07) is 16.4. The summed E-state index contributed by atoms with van der Waals surface area (Å²) in [5.74, 6) is -1.25. The zero-order chi connectivity index (χ0) is 25.1. The van der Waals surface area contributed by atoms with Gasteiger partial charge < -0.3 is 28.8 Å². The lowest BCUT2D eigenvalue weighted by atomic mass is 9.85. The summed E-state index contributed by atoms with van der Waals surface area (Å²) < 4.78 is 22.0. The van der Waals surface area contributed by atoms with Crippen molar-refractivity contribution < 1.29 is 33.6 Å². The van der Waals surface area contributed by atoms with Crippen LogP contribution in [0.5, 0.6) is 23.0 Å². The van der Waals surface area contributed by atoms with Gasteiger partial charge in [-0.3, -0.25) is 9.59 Å². The minimum atomic E-state index is -0.871. The van der Waals surface area contributed by atoms with Gasteiger partial charge in [0.2, 0.25) is 0 Å². The number of para-hydroxylation sites is 1. The predicted octanol–water partition coefficient (Wildman–Crippen LogP) is 4.58. The number of carbonyl (C=O) groups excluding carboxylic acids is 1. The zero-order valence-electron chi connectivity index (χ0n) is 19.4. The number of aromatic hydroxyl groups is 2. The monoisotopic (exact) mass is 476 g/mol. The van der Waals surface area contributed by atoms with Crippen LogP contribution in [0, 0.1) is 0 Å². The largest absolute Gasteiger partial charge is 0.507 e. The second-order valence-electron chi connectivity index (χ2n) is 7.79. The quantitative estimate of drug-likeness (QED) is 0.372. The molecule has 0 unspecified atom stereocenters. The molecular weight excluding hydrogens is 452 g/mol. The Morgan fingerprint density at radius 2 is 1.69 bits per heavy atom. The molecule has 1 aromatic heterocycles. The molecule has 0 spiro atoms. The van der Waals surface area contributed by atoms with Crippen LogP contribution in [0.3, 0.4) is 0 Å². The van der Waals surface area contributed by atoms with Gasteiger partial charge in [0.15, 0.2) is 16.9 Å². The number of ether oxygens (including phenoxy) is 3. The molecule has 3 aromatic carbocycles. The average molecular weight is 476 g/mol. The van der Waals surface area contributed by atoms with Crippen LogP contribution in [0.25, 0.3) is 22.3 Å². The molecule has 180 valence electrons. The number of hydrogen-bond donors (Lipinski definition) is 2. The molecular formula is C27H24O8. The second kappa shape index (κ2) is 9.80. The van der Waals surface area contributed by atoms with Crippen LogP contribution in [0.4, 0.5) is 0 Å². The number of methoxy groups -OCH3 is 3. The lowest BCUT2D eigenvalue weighted by Crippen LogP contribution is -2.13. The Labute approximate surface area is 200 Å². The minimum absolute atomic E-state index is 0.0485. The van der Waals surface area contributed by atoms with Crippen LogP contribution >= 0.6 is 0 Å². The van der Waals surface area contributed by atoms with Crippen molar-refractivity contribution in [2.75, 3.05) is 21.3 Å². The highest BCUT2D eigenvalue weighted by Gasteiger charge is 2.31. The summed E-state index contributed by atoms with van der Waals surface area (Å²) in [5.41, 5.74) is 0.701. The molecule has 8 nitrogen and oxygen atoms in total. The van der Waals surface area contributed by atoms with Crippen molar-refractivity contribution >= 4 is 16.9 Å². The van der Waals surface area contributed by atoms with E-state index >= 15 is 0 Å². The molecule has 0 aliphatic rings. The number of hydrogen-bond acceptors (Lipinski definition) is 8. The van der Waals surface area contributed by atoms with Crippen molar-refractivity contribution in [1.82, 2.24) is 0 Å². The molecule has 0 saturated heterocycles. The van der Waals surface area contributed by atoms with E-state index in [2.05, 4.69) is 0 Å². The highest BCUT2D eigenvalue weighted by atomic mass is 16.5. The first-order chi connectivity index (χ1) is 16.9. The Morgan fingerprint density at radius 1 is 0.943 bits per heavy atom. The molecule has 0 radical (unpaired) electrons. The van der Waals surface area contributed by atoms with Gasteiger partial charge in [0, 0.05) is 34.7 Å². The van der Waals surface area contributed by atoms with Gasteiger partial charge in [0.05, 0.1) is 27.8 Å². The van der Waals surface area contributed by atoms with E-state index in [-0.39, 0.29) is 34.5 Å². The topological polar surface area (TPSA) is 115 Å². The van der Waals surface area contributed by atoms with Gasteiger partial charge in [-0.05, 0) is 6.07 Å². The summed E-state index contributed by atoms with van der Waals surface area (Å²) in [4.78, 5) is 25.6. The van der Waals surface area contributed by atoms with Crippen molar-refractivity contribution in [3.8, 4) is 34.3 Å². The molecule has 2 N–H and O–H groups in total. The van der Waals surface area contributed by atoms with E-state index in [4.69, 9.17) is 18.6 Å². The maximum atomic E-state index is 13.1. The first-order valence-electron chi connectivity index (χ1n) is 10.7. The van der Waals surface area contributed by atoms with Crippen LogP contribution in [0.2, 0.25) is 0 Å². The Hall–Kier alpha value is -4.46. The summed E-state index contributed by atoms with van der Waals surface area (Å²) in [7, 11) is 4.19. The Bertz CT molecular complexity index is 1440. The van der Waals surface area contributed by atoms with E-state index < -0.39 is 23.1 Å². The maximum Gasteiger partial charge on any atom is 0.306 e. The standard InChI is InChI=1S/C27H24O8/c1-32-21-11-7-10-16(26(21)34-3)17(12-23(31)33-2)24-18(28)13-19(29)25-20(30)14-22(35-27(24)25)15-8-5-4-6-9-15/h4-11,13-14,17,28-29H,12H2,1-3H3/t17-/m1/s1. The lowest BCUT2D eigenvalue weighted by molar-refractivity contribution is -0.140. The number of fused-ring (bicyclic) bond motifs is 1. The van der Waals surface area contributed by atoms with Gasteiger partial charge in [-0.15, -0.1) is 0 Å². The van der Waals surface area contributed by atoms with Gasteiger partial charge in [-0.1, -0.05) is 42.5 Å². The third-order valence-corrected chi connectivity index (χ3v) is 5.81. The van der Waals surface area contributed by atoms with Gasteiger partial charge in [0.1, 0.15) is 28.2 Å². The molecule has 4 rings (SSSR count). The Kier molecular flexibility index (Phi) is 6.64. The lowest BCUT2D eigenvalue weighted by Gasteiger charge is -2.23. The third kappa shape index (κ3) is 4.38. The van der Waals surface area contributed by atoms with Gasteiger partial charge in [0.25, 0.3) is 0 Å². The molecule has 8 heteroatoms. The number of benzene rings is 3. The van der Waals surface area contributed by atoms with Crippen LogP contribution in [-0.4, -0.2) is 37.5 Å². The van der Waals surface area contributed by atoms with Gasteiger partial charge in [-0.2, -0.15) is 0 Å². The van der Waals surface area contributed by atoms with Crippen molar-refractivity contribution in [2.45, 2.75) is 12.3 Å². The van der Waals surface area contributed by atoms with E-state index in [0.29, 0.717) is 22.6 Å². The normalized spacial score (nSPS) is 11.7. The van der Waals surface area contributed by atoms with E-state index in [1.165, 1.54) is 27.4 Å². The fraction of sp³-hybridized carbons (Fsp3) is 0.185. The molecule has 35 heavy (non-hydrogen) atoms. The van der Waals surface area contributed by atoms with Crippen LogP contribution in [0.15, 0.2) is 69.9 Å². The van der Waals surface area contributed by atoms with Crippen LogP contribution < -0.4 is 14.9 Å². The number of esters is 1. The first-order valence-corrected chi connectivity index (χ1v) is 10.7. The number of phenolic OH excluding ortho intramolecular Hbond substituents is 2. The van der Waals surface area contributed by atoms with E-state index in [1.54, 1.807) is 42.5 Å². The van der Waals surface area contributed by atoms with Crippen molar-refractivity contribution in [3.63, 3.8) is 0 Å². The van der Waals surface area contributed by atoms with Crippen LogP contribution in [0.1, 0.15) is 23.5 Å². The summed E-state index contributed by atoms with van der Waals surface area (Å²) in [6.07, 6.45) is -0.216. The molecule has 0 amide bonds. The molecule has 0 aliphatic carbocycles. The van der Waals surface area contributed by atoms with Crippen molar-refractivity contribution in [3.05, 3.63) is 82.0 Å². The smallest absolute Gasteiger partial charge is 0.306 e. The minimum Gasteiger partial charge on any atom is -0.507 e. The fourth-order valence-corrected chi connectivity index (χ4v) is 4.21. The van der Waals surface area contributed by atoms with E-state index in [9.17, 15) is 19.8 Å². The van der Waals surface area contributed by atoms with Gasteiger partial charge in [-0.25, -0.2) is 0 Å². The van der Waals surface area contributed by atoms with Crippen LogP contribution in [-0.2, 0) is 9.53 Å². The van der Waals surface area contributed by atoms with Crippen molar-refractivity contribution in [2.24, 2.45) is 0 Å². The highest BCUT2D eigenvalue weighted by molar-refractivity contribution is 5.91. The fourth-order valence-electron chi connectivity index (χ4n) is 4.21. The Balaban J connectivity index is 2.09. The molecule has 0 fully saturated rings. The Morgan fingerprint density at radius 3 is 2.34 bits per heavy atom. The molecule has 1 atom stereocenters. The summed E-state index contributed by atoms with van der Waals surface area (Å²) >= 11 is 0. The molecule has 0 bridgehead atoms. The van der Waals surface area contributed by atoms with E-state index in [1.807, 2.05) is 6.07 Å². The first kappa shape index (κ1) is 23.7. The molecule has 4 aromatic rings. The number of carbonyl (C=O) groups is 1. The number of phenols is 2. The highest BCUT2D eigenvalue weighted by Crippen LogP contribution is 2.46. The number of rotatable bonds is 7. The molecule has 0 saturated carbocycles. The average Bonchev–Trinajstić information content (AvgIpc) is 2.87. The van der Waals surface area contributed by atoms with Crippen molar-refractivity contribution in [1.29, 1.82) is 0 Å². The molecule has 1 heterocycles. The zero-order valence-corrected chi connectivity index (χ0v) is 19.4. The maximum absolute atomic E-state index is 13.1. The predicted molar refractivity (Wildman–Crippen MR) is 129 cm³/mol.